The summed E-state index contributed by atoms with van der Waals surface area (Å²) in [6, 6.07) is 0.933. The van der Waals surface area contributed by atoms with E-state index in [0.29, 0.717) is 19.8 Å². The van der Waals surface area contributed by atoms with E-state index in [0.717, 1.165) is 12.5 Å². The number of hydrogen-bond donors (Lipinski definition) is 0. The molecule has 0 fully saturated rings. The first-order valence-corrected chi connectivity index (χ1v) is 10.3. The average molecular weight is 386 g/mol. The minimum absolute atomic E-state index is 0. The van der Waals surface area contributed by atoms with E-state index in [2.05, 4.69) is 20.8 Å². The van der Waals surface area contributed by atoms with E-state index in [4.69, 9.17) is 13.3 Å². The largest absolute Gasteiger partial charge is 1.00 e. The van der Waals surface area contributed by atoms with Crippen molar-refractivity contribution in [2.45, 2.75) is 54.0 Å². The van der Waals surface area contributed by atoms with E-state index in [-0.39, 0.29) is 17.0 Å². The van der Waals surface area contributed by atoms with E-state index in [1.54, 1.807) is 0 Å². The van der Waals surface area contributed by atoms with Crippen molar-refractivity contribution in [3.05, 3.63) is 0 Å². The quantitative estimate of drug-likeness (QED) is 0.337. The molecule has 0 saturated carbocycles. The van der Waals surface area contributed by atoms with Crippen LogP contribution in [-0.4, -0.2) is 59.3 Å². The van der Waals surface area contributed by atoms with Gasteiger partial charge in [0.2, 0.25) is 0 Å². The maximum Gasteiger partial charge on any atom is 0.501 e. The van der Waals surface area contributed by atoms with Gasteiger partial charge in [-0.15, -0.1) is 0 Å². The minimum atomic E-state index is -2.44. The van der Waals surface area contributed by atoms with Gasteiger partial charge in [-0.3, -0.25) is 0 Å². The van der Waals surface area contributed by atoms with Crippen molar-refractivity contribution in [2.75, 3.05) is 46.0 Å². The van der Waals surface area contributed by atoms with Crippen molar-refractivity contribution in [3.63, 3.8) is 0 Å². The predicted octanol–water partition coefficient (Wildman–Crippen LogP) is 0.305. The Bertz CT molecular complexity index is 216. The Morgan fingerprint density at radius 2 is 1.10 bits per heavy atom. The summed E-state index contributed by atoms with van der Waals surface area (Å²) in [5, 5.41) is 0. The van der Waals surface area contributed by atoms with Crippen molar-refractivity contribution in [1.82, 2.24) is 0 Å². The summed E-state index contributed by atoms with van der Waals surface area (Å²) >= 11 is 0. The van der Waals surface area contributed by atoms with Crippen LogP contribution in [0.25, 0.3) is 0 Å². The predicted molar refractivity (Wildman–Crippen MR) is 86.8 cm³/mol. The lowest BCUT2D eigenvalue weighted by atomic mass is 10.3. The molecule has 6 heteroatoms. The van der Waals surface area contributed by atoms with Crippen LogP contribution in [0.5, 0.6) is 0 Å². The van der Waals surface area contributed by atoms with Gasteiger partial charge in [0, 0.05) is 32.3 Å². The summed E-state index contributed by atoms with van der Waals surface area (Å²) in [5.74, 6) is 0. The molecule has 0 atom stereocenters. The second-order valence-electron chi connectivity index (χ2n) is 5.10. The van der Waals surface area contributed by atoms with Crippen molar-refractivity contribution in [2.24, 2.45) is 0 Å². The average Bonchev–Trinajstić information content (AvgIpc) is 2.45. The lowest BCUT2D eigenvalue weighted by Gasteiger charge is -2.37. The molecule has 0 saturated heterocycles. The number of quaternary nitrogens is 1. The molecule has 0 radical (unpaired) electrons. The monoisotopic (exact) mass is 385 g/mol. The number of halogens is 1. The first-order chi connectivity index (χ1) is 9.57. The maximum atomic E-state index is 5.91. The Morgan fingerprint density at radius 1 is 0.714 bits per heavy atom. The van der Waals surface area contributed by atoms with Crippen LogP contribution in [-0.2, 0) is 13.3 Å². The zero-order valence-corrected chi connectivity index (χ0v) is 17.5. The van der Waals surface area contributed by atoms with E-state index in [9.17, 15) is 0 Å². The molecule has 4 nitrogen and oxygen atoms in total. The smallest absolute Gasteiger partial charge is 0.501 e. The Balaban J connectivity index is 0. The van der Waals surface area contributed by atoms with Crippen LogP contribution in [0.4, 0.5) is 0 Å². The van der Waals surface area contributed by atoms with E-state index < -0.39 is 8.80 Å². The molecule has 130 valence electrons. The molecule has 0 N–H and O–H groups in total. The molecule has 0 bridgehead atoms. The highest BCUT2D eigenvalue weighted by Crippen LogP contribution is 2.20. The molecule has 0 aromatic heterocycles. The molecule has 0 rings (SSSR count). The molecule has 0 spiro atoms. The van der Waals surface area contributed by atoms with Gasteiger partial charge < -0.3 is 34.7 Å². The van der Waals surface area contributed by atoms with Gasteiger partial charge in [-0.1, -0.05) is 0 Å². The van der Waals surface area contributed by atoms with Gasteiger partial charge in [-0.05, 0) is 41.5 Å². The second-order valence-corrected chi connectivity index (χ2v) is 7.83. The topological polar surface area (TPSA) is 27.7 Å². The molecule has 0 aromatic rings. The molecule has 0 aliphatic carbocycles. The third kappa shape index (κ3) is 8.09. The van der Waals surface area contributed by atoms with Crippen LogP contribution in [0.2, 0.25) is 6.04 Å². The third-order valence-electron chi connectivity index (χ3n) is 4.22. The maximum absolute atomic E-state index is 5.91. The van der Waals surface area contributed by atoms with Gasteiger partial charge in [0.15, 0.2) is 0 Å². The first kappa shape index (κ1) is 23.8. The minimum Gasteiger partial charge on any atom is -1.00 e. The molecule has 0 aliphatic heterocycles. The summed E-state index contributed by atoms with van der Waals surface area (Å²) in [5.41, 5.74) is 0. The first-order valence-electron chi connectivity index (χ1n) is 8.34. The Morgan fingerprint density at radius 3 is 1.38 bits per heavy atom. The van der Waals surface area contributed by atoms with Crippen LogP contribution in [0.3, 0.4) is 0 Å². The Hall–Kier alpha value is 0.537. The van der Waals surface area contributed by atoms with Crippen molar-refractivity contribution in [1.29, 1.82) is 0 Å². The van der Waals surface area contributed by atoms with Gasteiger partial charge in [0.25, 0.3) is 0 Å². The SMILES string of the molecule is CCO[Si](CCC[N+](CC)(CC)CC)(OCC)OCC.[Br-]. The lowest BCUT2D eigenvalue weighted by molar-refractivity contribution is -0.923. The summed E-state index contributed by atoms with van der Waals surface area (Å²) < 4.78 is 18.9. The van der Waals surface area contributed by atoms with E-state index in [1.165, 1.54) is 30.7 Å². The number of rotatable bonds is 13. The summed E-state index contributed by atoms with van der Waals surface area (Å²) in [6.07, 6.45) is 1.11. The fourth-order valence-corrected chi connectivity index (χ4v) is 5.37. The van der Waals surface area contributed by atoms with Gasteiger partial charge >= 0.3 is 8.80 Å². The highest BCUT2D eigenvalue weighted by molar-refractivity contribution is 6.60. The standard InChI is InChI=1S/C15H36NO3Si.BrH/c1-7-16(8-2,9-3)14-13-15-20(17-10-4,18-11-5)19-12-6;/h7-15H2,1-6H3;1H/q+1;/p-1. The highest BCUT2D eigenvalue weighted by atomic mass is 79.9. The van der Waals surface area contributed by atoms with Gasteiger partial charge in [0.05, 0.1) is 26.2 Å². The highest BCUT2D eigenvalue weighted by Gasteiger charge is 2.40. The van der Waals surface area contributed by atoms with E-state index >= 15 is 0 Å². The molecule has 0 unspecified atom stereocenters. The molecular weight excluding hydrogens is 350 g/mol. The van der Waals surface area contributed by atoms with Crippen LogP contribution < -0.4 is 17.0 Å². The van der Waals surface area contributed by atoms with Gasteiger partial charge in [-0.25, -0.2) is 0 Å². The van der Waals surface area contributed by atoms with Crippen LogP contribution in [0.1, 0.15) is 48.0 Å². The van der Waals surface area contributed by atoms with E-state index in [1.807, 2.05) is 20.8 Å². The molecule has 0 heterocycles. The number of hydrogen-bond acceptors (Lipinski definition) is 3. The van der Waals surface area contributed by atoms with Gasteiger partial charge in [-0.2, -0.15) is 0 Å². The zero-order valence-electron chi connectivity index (χ0n) is 14.9. The van der Waals surface area contributed by atoms with Crippen molar-refractivity contribution in [3.8, 4) is 0 Å². The van der Waals surface area contributed by atoms with Crippen molar-refractivity contribution >= 4 is 8.80 Å². The fraction of sp³-hybridized carbons (Fsp3) is 1.00. The summed E-state index contributed by atoms with van der Waals surface area (Å²) in [6.45, 7) is 19.7. The fourth-order valence-electron chi connectivity index (χ4n) is 2.78. The normalized spacial score (nSPS) is 12.3. The van der Waals surface area contributed by atoms with Crippen LogP contribution in [0, 0.1) is 0 Å². The molecule has 21 heavy (non-hydrogen) atoms. The second kappa shape index (κ2) is 13.0. The third-order valence-corrected chi connectivity index (χ3v) is 7.37. The molecule has 0 aromatic carbocycles. The molecular formula is C15H36BrNO3Si. The Labute approximate surface area is 143 Å². The lowest BCUT2D eigenvalue weighted by Crippen LogP contribution is -3.00. The van der Waals surface area contributed by atoms with Crippen molar-refractivity contribution < 1.29 is 34.7 Å². The van der Waals surface area contributed by atoms with Crippen LogP contribution in [0.15, 0.2) is 0 Å². The number of nitrogens with zero attached hydrogens (tertiary/aromatic N) is 1. The summed E-state index contributed by atoms with van der Waals surface area (Å²) in [7, 11) is -2.44. The molecule has 0 aliphatic rings. The molecule has 0 amide bonds. The van der Waals surface area contributed by atoms with Gasteiger partial charge in [0.1, 0.15) is 0 Å². The zero-order chi connectivity index (χ0) is 15.5. The van der Waals surface area contributed by atoms with Crippen LogP contribution >= 0.6 is 0 Å². The Kier molecular flexibility index (Phi) is 14.8. The summed E-state index contributed by atoms with van der Waals surface area (Å²) in [4.78, 5) is 0.